The van der Waals surface area contributed by atoms with E-state index in [9.17, 15) is 0 Å². The van der Waals surface area contributed by atoms with Crippen LogP contribution < -0.4 is 4.74 Å². The standard InChI is InChI=1S/C19H29IO/c1-3-5-13-19(14-7-6-8-15-19)21-17-11-9-16(10-12-17)18(20)4-2/h9-12,18H,3-8,13-15H2,1-2H3. The van der Waals surface area contributed by atoms with Crippen molar-refractivity contribution >= 4 is 22.6 Å². The number of rotatable bonds is 7. The minimum absolute atomic E-state index is 0.115. The predicted octanol–water partition coefficient (Wildman–Crippen LogP) is 6.84. The Labute approximate surface area is 144 Å². The second-order valence-corrected chi connectivity index (χ2v) is 7.90. The van der Waals surface area contributed by atoms with Gasteiger partial charge in [0.05, 0.1) is 0 Å². The molecular formula is C19H29IO. The van der Waals surface area contributed by atoms with Crippen molar-refractivity contribution in [3.8, 4) is 5.75 Å². The molecule has 1 unspecified atom stereocenters. The van der Waals surface area contributed by atoms with Crippen molar-refractivity contribution in [1.82, 2.24) is 0 Å². The van der Waals surface area contributed by atoms with E-state index in [-0.39, 0.29) is 5.60 Å². The lowest BCUT2D eigenvalue weighted by atomic mass is 9.81. The summed E-state index contributed by atoms with van der Waals surface area (Å²) < 4.78 is 7.12. The fourth-order valence-electron chi connectivity index (χ4n) is 3.33. The minimum atomic E-state index is 0.115. The zero-order valence-corrected chi connectivity index (χ0v) is 15.7. The summed E-state index contributed by atoms with van der Waals surface area (Å²) in [4.78, 5) is 0. The van der Waals surface area contributed by atoms with Crippen molar-refractivity contribution in [3.05, 3.63) is 29.8 Å². The van der Waals surface area contributed by atoms with Gasteiger partial charge in [0.1, 0.15) is 11.4 Å². The van der Waals surface area contributed by atoms with Gasteiger partial charge in [-0.15, -0.1) is 0 Å². The van der Waals surface area contributed by atoms with Crippen LogP contribution in [0.25, 0.3) is 0 Å². The van der Waals surface area contributed by atoms with Crippen LogP contribution in [-0.4, -0.2) is 5.60 Å². The molecule has 0 amide bonds. The van der Waals surface area contributed by atoms with Gasteiger partial charge in [0.25, 0.3) is 0 Å². The van der Waals surface area contributed by atoms with Gasteiger partial charge >= 0.3 is 0 Å². The molecule has 21 heavy (non-hydrogen) atoms. The van der Waals surface area contributed by atoms with Crippen molar-refractivity contribution in [2.45, 2.75) is 81.2 Å². The fourth-order valence-corrected chi connectivity index (χ4v) is 3.74. The van der Waals surface area contributed by atoms with E-state index >= 15 is 0 Å². The highest BCUT2D eigenvalue weighted by molar-refractivity contribution is 14.1. The van der Waals surface area contributed by atoms with Gasteiger partial charge in [-0.25, -0.2) is 0 Å². The molecule has 1 aliphatic rings. The maximum absolute atomic E-state index is 6.51. The summed E-state index contributed by atoms with van der Waals surface area (Å²) in [6, 6.07) is 8.84. The lowest BCUT2D eigenvalue weighted by Gasteiger charge is -2.38. The monoisotopic (exact) mass is 400 g/mol. The van der Waals surface area contributed by atoms with Crippen LogP contribution in [0.4, 0.5) is 0 Å². The van der Waals surface area contributed by atoms with Crippen molar-refractivity contribution < 1.29 is 4.74 Å². The first-order valence-electron chi connectivity index (χ1n) is 8.62. The lowest BCUT2D eigenvalue weighted by molar-refractivity contribution is 0.0200. The Morgan fingerprint density at radius 1 is 1.10 bits per heavy atom. The molecule has 0 aliphatic heterocycles. The van der Waals surface area contributed by atoms with Gasteiger partial charge in [0, 0.05) is 3.92 Å². The first kappa shape index (κ1) is 17.1. The van der Waals surface area contributed by atoms with Crippen molar-refractivity contribution in [2.75, 3.05) is 0 Å². The molecule has 0 heterocycles. The zero-order valence-electron chi connectivity index (χ0n) is 13.5. The molecule has 1 aromatic carbocycles. The number of unbranched alkanes of at least 4 members (excludes halogenated alkanes) is 1. The van der Waals surface area contributed by atoms with Gasteiger partial charge in [0.15, 0.2) is 0 Å². The average Bonchev–Trinajstić information content (AvgIpc) is 2.54. The molecule has 1 fully saturated rings. The molecule has 0 N–H and O–H groups in total. The van der Waals surface area contributed by atoms with Gasteiger partial charge in [0.2, 0.25) is 0 Å². The molecule has 2 rings (SSSR count). The smallest absolute Gasteiger partial charge is 0.120 e. The number of benzene rings is 1. The molecular weight excluding hydrogens is 371 g/mol. The van der Waals surface area contributed by atoms with E-state index in [0.29, 0.717) is 3.92 Å². The summed E-state index contributed by atoms with van der Waals surface area (Å²) in [6.45, 7) is 4.51. The molecule has 0 bridgehead atoms. The summed E-state index contributed by atoms with van der Waals surface area (Å²) in [6.07, 6.45) is 11.4. The minimum Gasteiger partial charge on any atom is -0.487 e. The maximum atomic E-state index is 6.51. The fraction of sp³-hybridized carbons (Fsp3) is 0.684. The Morgan fingerprint density at radius 3 is 2.33 bits per heavy atom. The summed E-state index contributed by atoms with van der Waals surface area (Å²) in [5.41, 5.74) is 1.53. The van der Waals surface area contributed by atoms with Crippen LogP contribution >= 0.6 is 22.6 Å². The Morgan fingerprint density at radius 2 is 1.76 bits per heavy atom. The lowest BCUT2D eigenvalue weighted by Crippen LogP contribution is -2.38. The Bertz CT molecular complexity index is 406. The number of hydrogen-bond acceptors (Lipinski definition) is 1. The van der Waals surface area contributed by atoms with Crippen LogP contribution in [0.2, 0.25) is 0 Å². The van der Waals surface area contributed by atoms with Crippen molar-refractivity contribution in [2.24, 2.45) is 0 Å². The van der Waals surface area contributed by atoms with Gasteiger partial charge < -0.3 is 4.74 Å². The normalized spacial score (nSPS) is 19.2. The first-order chi connectivity index (χ1) is 10.2. The Balaban J connectivity index is 2.05. The summed E-state index contributed by atoms with van der Waals surface area (Å²) in [5.74, 6) is 1.07. The molecule has 118 valence electrons. The van der Waals surface area contributed by atoms with Gasteiger partial charge in [-0.3, -0.25) is 0 Å². The average molecular weight is 400 g/mol. The van der Waals surface area contributed by atoms with E-state index < -0.39 is 0 Å². The SMILES string of the molecule is CCCCC1(Oc2ccc(C(I)CC)cc2)CCCCC1. The second-order valence-electron chi connectivity index (χ2n) is 6.39. The third-order valence-corrected chi connectivity index (χ3v) is 6.29. The van der Waals surface area contributed by atoms with E-state index in [1.54, 1.807) is 0 Å². The van der Waals surface area contributed by atoms with Gasteiger partial charge in [-0.2, -0.15) is 0 Å². The van der Waals surface area contributed by atoms with E-state index in [0.717, 1.165) is 5.75 Å². The van der Waals surface area contributed by atoms with Crippen LogP contribution in [0.1, 0.15) is 81.1 Å². The largest absolute Gasteiger partial charge is 0.487 e. The maximum Gasteiger partial charge on any atom is 0.120 e. The summed E-state index contributed by atoms with van der Waals surface area (Å²) in [5, 5.41) is 0. The van der Waals surface area contributed by atoms with E-state index in [1.165, 1.54) is 63.4 Å². The third kappa shape index (κ3) is 4.87. The quantitative estimate of drug-likeness (QED) is 0.359. The zero-order chi connectivity index (χ0) is 15.1. The van der Waals surface area contributed by atoms with Gasteiger partial charge in [-0.1, -0.05) is 61.4 Å². The number of halogens is 1. The molecule has 1 aromatic rings. The molecule has 0 saturated heterocycles. The molecule has 1 aliphatic carbocycles. The number of alkyl halides is 1. The Hall–Kier alpha value is -0.250. The molecule has 0 spiro atoms. The van der Waals surface area contributed by atoms with E-state index in [2.05, 4.69) is 60.7 Å². The number of ether oxygens (including phenoxy) is 1. The van der Waals surface area contributed by atoms with Crippen LogP contribution in [0.5, 0.6) is 5.75 Å². The molecule has 0 aromatic heterocycles. The van der Waals surface area contributed by atoms with Crippen molar-refractivity contribution in [1.29, 1.82) is 0 Å². The van der Waals surface area contributed by atoms with E-state index in [1.807, 2.05) is 0 Å². The van der Waals surface area contributed by atoms with Crippen LogP contribution in [0.3, 0.4) is 0 Å². The highest BCUT2D eigenvalue weighted by Gasteiger charge is 2.33. The number of hydrogen-bond donors (Lipinski definition) is 0. The molecule has 1 atom stereocenters. The predicted molar refractivity (Wildman–Crippen MR) is 99.5 cm³/mol. The van der Waals surface area contributed by atoms with Crippen LogP contribution in [0.15, 0.2) is 24.3 Å². The summed E-state index contributed by atoms with van der Waals surface area (Å²) in [7, 11) is 0. The van der Waals surface area contributed by atoms with Crippen LogP contribution in [-0.2, 0) is 0 Å². The molecule has 2 heteroatoms. The molecule has 1 nitrogen and oxygen atoms in total. The molecule has 0 radical (unpaired) electrons. The van der Waals surface area contributed by atoms with Crippen molar-refractivity contribution in [3.63, 3.8) is 0 Å². The third-order valence-electron chi connectivity index (χ3n) is 4.69. The summed E-state index contributed by atoms with van der Waals surface area (Å²) >= 11 is 2.52. The highest BCUT2D eigenvalue weighted by atomic mass is 127. The topological polar surface area (TPSA) is 9.23 Å². The molecule has 1 saturated carbocycles. The van der Waals surface area contributed by atoms with Crippen LogP contribution in [0, 0.1) is 0 Å². The van der Waals surface area contributed by atoms with E-state index in [4.69, 9.17) is 4.74 Å². The first-order valence-corrected chi connectivity index (χ1v) is 9.87. The Kier molecular flexibility index (Phi) is 6.84. The van der Waals surface area contributed by atoms with Gasteiger partial charge in [-0.05, 0) is 62.6 Å². The second kappa shape index (κ2) is 8.40. The highest BCUT2D eigenvalue weighted by Crippen LogP contribution is 2.37.